The highest BCUT2D eigenvalue weighted by Crippen LogP contribution is 2.24. The van der Waals surface area contributed by atoms with Crippen LogP contribution in [0.25, 0.3) is 0 Å². The summed E-state index contributed by atoms with van der Waals surface area (Å²) in [7, 11) is 1.69. The van der Waals surface area contributed by atoms with Crippen molar-refractivity contribution in [3.8, 4) is 5.75 Å². The molecule has 1 aromatic heterocycles. The van der Waals surface area contributed by atoms with Crippen LogP contribution in [0.2, 0.25) is 5.02 Å². The van der Waals surface area contributed by atoms with Crippen molar-refractivity contribution in [2.24, 2.45) is 0 Å². The molecule has 1 heterocycles. The average molecular weight is 313 g/mol. The van der Waals surface area contributed by atoms with Gasteiger partial charge in [0.05, 0.1) is 17.0 Å². The van der Waals surface area contributed by atoms with E-state index in [-0.39, 0.29) is 0 Å². The molecule has 0 radical (unpaired) electrons. The number of aromatic nitrogens is 1. The van der Waals surface area contributed by atoms with Gasteiger partial charge in [-0.2, -0.15) is 0 Å². The van der Waals surface area contributed by atoms with Crippen LogP contribution in [-0.4, -0.2) is 25.2 Å². The van der Waals surface area contributed by atoms with Gasteiger partial charge in [-0.3, -0.25) is 4.98 Å². The number of methoxy groups -OCH3 is 1. The van der Waals surface area contributed by atoms with Gasteiger partial charge in [0.25, 0.3) is 0 Å². The summed E-state index contributed by atoms with van der Waals surface area (Å²) in [5.74, 6) is 0.840. The van der Waals surface area contributed by atoms with E-state index in [1.54, 1.807) is 24.0 Å². The lowest BCUT2D eigenvalue weighted by Gasteiger charge is -2.12. The first kappa shape index (κ1) is 15.3. The van der Waals surface area contributed by atoms with E-state index in [4.69, 9.17) is 21.1 Å². The maximum atomic E-state index is 6.04. The lowest BCUT2D eigenvalue weighted by molar-refractivity contribution is 0.199. The van der Waals surface area contributed by atoms with E-state index in [1.165, 1.54) is 0 Å². The molecule has 0 aliphatic heterocycles. The maximum Gasteiger partial charge on any atom is 0.124 e. The second-order valence-corrected chi connectivity index (χ2v) is 5.59. The van der Waals surface area contributed by atoms with Crippen molar-refractivity contribution in [1.82, 2.24) is 10.3 Å². The highest BCUT2D eigenvalue weighted by molar-refractivity contribution is 7.09. The zero-order valence-electron chi connectivity index (χ0n) is 11.3. The lowest BCUT2D eigenvalue weighted by Crippen LogP contribution is -2.19. The molecule has 1 aromatic carbocycles. The number of hydrogen-bond acceptors (Lipinski definition) is 5. The smallest absolute Gasteiger partial charge is 0.124 e. The maximum absolute atomic E-state index is 6.04. The van der Waals surface area contributed by atoms with E-state index in [0.717, 1.165) is 22.7 Å². The van der Waals surface area contributed by atoms with Crippen molar-refractivity contribution in [3.05, 3.63) is 45.4 Å². The minimum atomic E-state index is 0.525. The van der Waals surface area contributed by atoms with Gasteiger partial charge in [-0.25, -0.2) is 0 Å². The molecule has 108 valence electrons. The molecule has 0 unspecified atom stereocenters. The van der Waals surface area contributed by atoms with E-state index in [2.05, 4.69) is 10.3 Å². The monoisotopic (exact) mass is 312 g/mol. The Morgan fingerprint density at radius 3 is 3.05 bits per heavy atom. The first-order valence-corrected chi connectivity index (χ1v) is 7.53. The molecule has 2 rings (SSSR count). The molecule has 0 fully saturated rings. The van der Waals surface area contributed by atoms with Gasteiger partial charge >= 0.3 is 0 Å². The van der Waals surface area contributed by atoms with Crippen molar-refractivity contribution < 1.29 is 9.47 Å². The van der Waals surface area contributed by atoms with Gasteiger partial charge in [-0.05, 0) is 18.2 Å². The number of nitrogens with zero attached hydrogens (tertiary/aromatic N) is 1. The number of hydrogen-bond donors (Lipinski definition) is 1. The highest BCUT2D eigenvalue weighted by atomic mass is 35.5. The zero-order valence-corrected chi connectivity index (χ0v) is 12.8. The number of halogens is 1. The van der Waals surface area contributed by atoms with Gasteiger partial charge in [-0.15, -0.1) is 11.3 Å². The predicted molar refractivity (Wildman–Crippen MR) is 81.5 cm³/mol. The minimum Gasteiger partial charge on any atom is -0.488 e. The molecule has 4 nitrogen and oxygen atoms in total. The van der Waals surface area contributed by atoms with Crippen LogP contribution in [0.1, 0.15) is 10.4 Å². The SMILES string of the molecule is COCCNCc1cc(Cl)ccc1OCc1cncs1. The fraction of sp³-hybridized carbons (Fsp3) is 0.357. The van der Waals surface area contributed by atoms with E-state index in [1.807, 2.05) is 24.4 Å². The number of thiazole rings is 1. The largest absolute Gasteiger partial charge is 0.488 e. The quantitative estimate of drug-likeness (QED) is 0.761. The predicted octanol–water partition coefficient (Wildman–Crippen LogP) is 3.11. The highest BCUT2D eigenvalue weighted by Gasteiger charge is 2.06. The van der Waals surface area contributed by atoms with Crippen LogP contribution in [0.4, 0.5) is 0 Å². The van der Waals surface area contributed by atoms with Gasteiger partial charge in [-0.1, -0.05) is 11.6 Å². The van der Waals surface area contributed by atoms with Crippen molar-refractivity contribution in [1.29, 1.82) is 0 Å². The Hall–Kier alpha value is -1.14. The van der Waals surface area contributed by atoms with Crippen molar-refractivity contribution in [2.75, 3.05) is 20.3 Å². The molecule has 0 spiro atoms. The van der Waals surface area contributed by atoms with E-state index >= 15 is 0 Å². The molecule has 0 aliphatic rings. The molecule has 20 heavy (non-hydrogen) atoms. The van der Waals surface area contributed by atoms with Crippen molar-refractivity contribution in [3.63, 3.8) is 0 Å². The number of nitrogens with one attached hydrogen (secondary N) is 1. The van der Waals surface area contributed by atoms with Gasteiger partial charge in [0.2, 0.25) is 0 Å². The summed E-state index contributed by atoms with van der Waals surface area (Å²) in [6, 6.07) is 5.66. The number of rotatable bonds is 8. The van der Waals surface area contributed by atoms with Crippen LogP contribution < -0.4 is 10.1 Å². The Kier molecular flexibility index (Phi) is 6.26. The fourth-order valence-electron chi connectivity index (χ4n) is 1.69. The minimum absolute atomic E-state index is 0.525. The topological polar surface area (TPSA) is 43.4 Å². The number of ether oxygens (including phenoxy) is 2. The first-order chi connectivity index (χ1) is 9.79. The van der Waals surface area contributed by atoms with Gasteiger partial charge < -0.3 is 14.8 Å². The summed E-state index contributed by atoms with van der Waals surface area (Å²) in [5.41, 5.74) is 2.84. The Morgan fingerprint density at radius 1 is 1.40 bits per heavy atom. The van der Waals surface area contributed by atoms with E-state index in [9.17, 15) is 0 Å². The van der Waals surface area contributed by atoms with Crippen LogP contribution >= 0.6 is 22.9 Å². The Balaban J connectivity index is 1.95. The first-order valence-electron chi connectivity index (χ1n) is 6.28. The molecular formula is C14H17ClN2O2S. The summed E-state index contributed by atoms with van der Waals surface area (Å²) in [4.78, 5) is 5.13. The molecule has 0 atom stereocenters. The Bertz CT molecular complexity index is 520. The summed E-state index contributed by atoms with van der Waals surface area (Å²) in [6.07, 6.45) is 1.82. The second-order valence-electron chi connectivity index (χ2n) is 4.18. The molecule has 0 aliphatic carbocycles. The molecule has 6 heteroatoms. The standard InChI is InChI=1S/C14H17ClN2O2S/c1-18-5-4-16-7-11-6-12(15)2-3-14(11)19-9-13-8-17-10-20-13/h2-3,6,8,10,16H,4-5,7,9H2,1H3. The third-order valence-electron chi connectivity index (χ3n) is 2.67. The third kappa shape index (κ3) is 4.76. The lowest BCUT2D eigenvalue weighted by atomic mass is 10.2. The van der Waals surface area contributed by atoms with Crippen LogP contribution in [0.15, 0.2) is 29.9 Å². The molecule has 2 aromatic rings. The summed E-state index contributed by atoms with van der Waals surface area (Å²) >= 11 is 7.62. The normalized spacial score (nSPS) is 10.7. The van der Waals surface area contributed by atoms with E-state index in [0.29, 0.717) is 24.8 Å². The fourth-order valence-corrected chi connectivity index (χ4v) is 2.39. The van der Waals surface area contributed by atoms with Crippen LogP contribution in [0, 0.1) is 0 Å². The Labute approximate surface area is 127 Å². The summed E-state index contributed by atoms with van der Waals surface area (Å²) in [6.45, 7) is 2.69. The van der Waals surface area contributed by atoms with Crippen LogP contribution in [-0.2, 0) is 17.9 Å². The molecule has 0 amide bonds. The molecular weight excluding hydrogens is 296 g/mol. The average Bonchev–Trinajstić information content (AvgIpc) is 2.96. The molecule has 0 bridgehead atoms. The van der Waals surface area contributed by atoms with Crippen LogP contribution in [0.5, 0.6) is 5.75 Å². The summed E-state index contributed by atoms with van der Waals surface area (Å²) in [5, 5.41) is 4.00. The van der Waals surface area contributed by atoms with Gasteiger partial charge in [0, 0.05) is 37.0 Å². The molecule has 0 saturated heterocycles. The number of benzene rings is 1. The van der Waals surface area contributed by atoms with Crippen molar-refractivity contribution in [2.45, 2.75) is 13.2 Å². The third-order valence-corrected chi connectivity index (χ3v) is 3.66. The summed E-state index contributed by atoms with van der Waals surface area (Å²) < 4.78 is 10.8. The zero-order chi connectivity index (χ0) is 14.2. The molecule has 0 saturated carbocycles. The Morgan fingerprint density at radius 2 is 2.30 bits per heavy atom. The van der Waals surface area contributed by atoms with Crippen LogP contribution in [0.3, 0.4) is 0 Å². The van der Waals surface area contributed by atoms with Gasteiger partial charge in [0.15, 0.2) is 0 Å². The molecule has 1 N–H and O–H groups in total. The second kappa shape index (κ2) is 8.21. The van der Waals surface area contributed by atoms with Gasteiger partial charge in [0.1, 0.15) is 12.4 Å². The van der Waals surface area contributed by atoms with E-state index < -0.39 is 0 Å². The van der Waals surface area contributed by atoms with Crippen molar-refractivity contribution >= 4 is 22.9 Å².